The van der Waals surface area contributed by atoms with E-state index < -0.39 is 0 Å². The highest BCUT2D eigenvalue weighted by molar-refractivity contribution is 5.78. The Labute approximate surface area is 107 Å². The Kier molecular flexibility index (Phi) is 4.97. The molecule has 0 aromatic heterocycles. The van der Waals surface area contributed by atoms with Crippen molar-refractivity contribution >= 4 is 5.91 Å². The van der Waals surface area contributed by atoms with Crippen LogP contribution in [0.1, 0.15) is 24.1 Å². The lowest BCUT2D eigenvalue weighted by molar-refractivity contribution is -0.120. The van der Waals surface area contributed by atoms with Gasteiger partial charge >= 0.3 is 0 Å². The van der Waals surface area contributed by atoms with E-state index in [0.717, 1.165) is 22.6 Å². The molecule has 100 valence electrons. The molecule has 5 nitrogen and oxygen atoms in total. The molecule has 1 amide bonds. The molecule has 1 rings (SSSR count). The monoisotopic (exact) mass is 252 g/mol. The molecule has 0 spiro atoms. The summed E-state index contributed by atoms with van der Waals surface area (Å²) in [7, 11) is 3.21. The first-order valence-electron chi connectivity index (χ1n) is 5.76. The number of ether oxygens (including phenoxy) is 2. The molecule has 1 atom stereocenters. The van der Waals surface area contributed by atoms with E-state index in [0.29, 0.717) is 0 Å². The highest BCUT2D eigenvalue weighted by Crippen LogP contribution is 2.34. The third-order valence-corrected chi connectivity index (χ3v) is 2.84. The van der Waals surface area contributed by atoms with Crippen LogP contribution in [0.25, 0.3) is 0 Å². The highest BCUT2D eigenvalue weighted by Gasteiger charge is 2.17. The van der Waals surface area contributed by atoms with E-state index in [9.17, 15) is 4.79 Å². The van der Waals surface area contributed by atoms with Crippen LogP contribution in [0.2, 0.25) is 0 Å². The second kappa shape index (κ2) is 6.26. The van der Waals surface area contributed by atoms with E-state index in [1.54, 1.807) is 14.2 Å². The van der Waals surface area contributed by atoms with Crippen LogP contribution in [0, 0.1) is 6.92 Å². The second-order valence-electron chi connectivity index (χ2n) is 4.01. The number of nitrogens with two attached hydrogens (primary N) is 1. The molecule has 0 fully saturated rings. The smallest absolute Gasteiger partial charge is 0.234 e. The fraction of sp³-hybridized carbons (Fsp3) is 0.462. The molecule has 0 radical (unpaired) electrons. The van der Waals surface area contributed by atoms with Gasteiger partial charge in [0, 0.05) is 11.1 Å². The van der Waals surface area contributed by atoms with Gasteiger partial charge in [0.15, 0.2) is 0 Å². The molecule has 0 aliphatic carbocycles. The van der Waals surface area contributed by atoms with Crippen molar-refractivity contribution in [2.75, 3.05) is 20.8 Å². The molecule has 0 heterocycles. The van der Waals surface area contributed by atoms with Gasteiger partial charge in [-0.15, -0.1) is 0 Å². The first-order chi connectivity index (χ1) is 8.54. The molecule has 0 aliphatic heterocycles. The van der Waals surface area contributed by atoms with E-state index in [4.69, 9.17) is 15.2 Å². The van der Waals surface area contributed by atoms with Crippen molar-refractivity contribution in [1.82, 2.24) is 5.32 Å². The van der Waals surface area contributed by atoms with E-state index in [2.05, 4.69) is 5.32 Å². The predicted molar refractivity (Wildman–Crippen MR) is 69.9 cm³/mol. The van der Waals surface area contributed by atoms with E-state index >= 15 is 0 Å². The first-order valence-corrected chi connectivity index (χ1v) is 5.76. The van der Waals surface area contributed by atoms with Gasteiger partial charge in [0.25, 0.3) is 0 Å². The zero-order valence-corrected chi connectivity index (χ0v) is 11.2. The predicted octanol–water partition coefficient (Wildman–Crippen LogP) is 1.15. The van der Waals surface area contributed by atoms with Crippen LogP contribution in [0.15, 0.2) is 12.1 Å². The number of carbonyl (C=O) groups is 1. The summed E-state index contributed by atoms with van der Waals surface area (Å²) in [6.07, 6.45) is 0. The van der Waals surface area contributed by atoms with Gasteiger partial charge in [-0.3, -0.25) is 4.79 Å². The van der Waals surface area contributed by atoms with Crippen LogP contribution in [0.5, 0.6) is 11.5 Å². The molecule has 5 heteroatoms. The average molecular weight is 252 g/mol. The number of rotatable bonds is 5. The zero-order chi connectivity index (χ0) is 13.7. The van der Waals surface area contributed by atoms with Crippen molar-refractivity contribution in [3.8, 4) is 11.5 Å². The van der Waals surface area contributed by atoms with Crippen LogP contribution in [-0.2, 0) is 4.79 Å². The van der Waals surface area contributed by atoms with Gasteiger partial charge in [-0.2, -0.15) is 0 Å². The van der Waals surface area contributed by atoms with Crippen LogP contribution in [-0.4, -0.2) is 26.7 Å². The number of hydrogen-bond donors (Lipinski definition) is 2. The van der Waals surface area contributed by atoms with Gasteiger partial charge < -0.3 is 20.5 Å². The Balaban J connectivity index is 3.08. The molecule has 1 aromatic rings. The van der Waals surface area contributed by atoms with Crippen molar-refractivity contribution in [3.63, 3.8) is 0 Å². The molecule has 0 saturated carbocycles. The molecular weight excluding hydrogens is 232 g/mol. The number of hydrogen-bond acceptors (Lipinski definition) is 4. The third-order valence-electron chi connectivity index (χ3n) is 2.84. The largest absolute Gasteiger partial charge is 0.496 e. The van der Waals surface area contributed by atoms with E-state index in [1.165, 1.54) is 0 Å². The average Bonchev–Trinajstić information content (AvgIpc) is 2.37. The van der Waals surface area contributed by atoms with Crippen LogP contribution in [0.4, 0.5) is 0 Å². The summed E-state index contributed by atoms with van der Waals surface area (Å²) < 4.78 is 10.6. The molecule has 18 heavy (non-hydrogen) atoms. The lowest BCUT2D eigenvalue weighted by atomic mass is 10.0. The van der Waals surface area contributed by atoms with Crippen molar-refractivity contribution in [2.45, 2.75) is 19.9 Å². The standard InChI is InChI=1S/C13H20N2O3/c1-8-11(17-3)6-5-10(13(8)18-4)9(2)15-12(16)7-14/h5-6,9H,7,14H2,1-4H3,(H,15,16). The summed E-state index contributed by atoms with van der Waals surface area (Å²) >= 11 is 0. The molecule has 0 aliphatic rings. The summed E-state index contributed by atoms with van der Waals surface area (Å²) in [5, 5.41) is 2.80. The Morgan fingerprint density at radius 1 is 1.39 bits per heavy atom. The van der Waals surface area contributed by atoms with Crippen LogP contribution in [0.3, 0.4) is 0 Å². The Hall–Kier alpha value is -1.75. The van der Waals surface area contributed by atoms with Gasteiger partial charge in [-0.1, -0.05) is 0 Å². The quantitative estimate of drug-likeness (QED) is 0.824. The first kappa shape index (κ1) is 14.3. The molecule has 1 unspecified atom stereocenters. The highest BCUT2D eigenvalue weighted by atomic mass is 16.5. The Morgan fingerprint density at radius 2 is 2.06 bits per heavy atom. The lowest BCUT2D eigenvalue weighted by Gasteiger charge is -2.19. The molecule has 1 aromatic carbocycles. The van der Waals surface area contributed by atoms with Crippen molar-refractivity contribution in [2.24, 2.45) is 5.73 Å². The van der Waals surface area contributed by atoms with E-state index in [-0.39, 0.29) is 18.5 Å². The van der Waals surface area contributed by atoms with Crippen molar-refractivity contribution in [3.05, 3.63) is 23.3 Å². The molecular formula is C13H20N2O3. The minimum atomic E-state index is -0.196. The molecule has 0 bridgehead atoms. The Bertz CT molecular complexity index is 432. The fourth-order valence-corrected chi connectivity index (χ4v) is 1.91. The van der Waals surface area contributed by atoms with Crippen LogP contribution >= 0.6 is 0 Å². The summed E-state index contributed by atoms with van der Waals surface area (Å²) in [5.41, 5.74) is 7.09. The van der Waals surface area contributed by atoms with Gasteiger partial charge in [0.2, 0.25) is 5.91 Å². The van der Waals surface area contributed by atoms with Gasteiger partial charge in [-0.05, 0) is 26.0 Å². The number of nitrogens with one attached hydrogen (secondary N) is 1. The normalized spacial score (nSPS) is 11.8. The van der Waals surface area contributed by atoms with Crippen molar-refractivity contribution < 1.29 is 14.3 Å². The second-order valence-corrected chi connectivity index (χ2v) is 4.01. The van der Waals surface area contributed by atoms with Gasteiger partial charge in [-0.25, -0.2) is 0 Å². The number of methoxy groups -OCH3 is 2. The molecule has 3 N–H and O–H groups in total. The number of benzene rings is 1. The topological polar surface area (TPSA) is 73.6 Å². The number of carbonyl (C=O) groups excluding carboxylic acids is 1. The number of amides is 1. The SMILES string of the molecule is COc1ccc(C(C)NC(=O)CN)c(OC)c1C. The zero-order valence-electron chi connectivity index (χ0n) is 11.2. The summed E-state index contributed by atoms with van der Waals surface area (Å²) in [6.45, 7) is 3.78. The summed E-state index contributed by atoms with van der Waals surface area (Å²) in [5.74, 6) is 1.28. The van der Waals surface area contributed by atoms with Gasteiger partial charge in [0.05, 0.1) is 26.8 Å². The Morgan fingerprint density at radius 3 is 2.56 bits per heavy atom. The minimum Gasteiger partial charge on any atom is -0.496 e. The lowest BCUT2D eigenvalue weighted by Crippen LogP contribution is -2.32. The summed E-state index contributed by atoms with van der Waals surface area (Å²) in [6, 6.07) is 3.57. The fourth-order valence-electron chi connectivity index (χ4n) is 1.91. The van der Waals surface area contributed by atoms with Crippen LogP contribution < -0.4 is 20.5 Å². The minimum absolute atomic E-state index is 0.0260. The van der Waals surface area contributed by atoms with Crippen molar-refractivity contribution in [1.29, 1.82) is 0 Å². The van der Waals surface area contributed by atoms with Gasteiger partial charge in [0.1, 0.15) is 11.5 Å². The maximum atomic E-state index is 11.3. The molecule has 0 saturated heterocycles. The maximum Gasteiger partial charge on any atom is 0.234 e. The van der Waals surface area contributed by atoms with E-state index in [1.807, 2.05) is 26.0 Å². The summed E-state index contributed by atoms with van der Waals surface area (Å²) in [4.78, 5) is 11.3. The third kappa shape index (κ3) is 2.92. The maximum absolute atomic E-state index is 11.3.